The zero-order chi connectivity index (χ0) is 32.5. The largest absolute Gasteiger partial charge is 0.308 e. The van der Waals surface area contributed by atoms with Gasteiger partial charge in [0.2, 0.25) is 0 Å². The Balaban J connectivity index is 1.35. The molecule has 4 aromatic heterocycles. The zero-order valence-corrected chi connectivity index (χ0v) is 26.8. The highest BCUT2D eigenvalue weighted by Gasteiger charge is 2.26. The van der Waals surface area contributed by atoms with E-state index in [9.17, 15) is 0 Å². The summed E-state index contributed by atoms with van der Waals surface area (Å²) in [5, 5.41) is 13.4. The molecule has 0 N–H and O–H groups in total. The van der Waals surface area contributed by atoms with Gasteiger partial charge in [-0.1, -0.05) is 121 Å². The molecule has 4 heteroatoms. The first-order chi connectivity index (χ1) is 24.8. The highest BCUT2D eigenvalue weighted by molar-refractivity contribution is 6.38. The molecule has 0 spiro atoms. The van der Waals surface area contributed by atoms with Gasteiger partial charge in [-0.3, -0.25) is 4.57 Å². The van der Waals surface area contributed by atoms with Crippen LogP contribution in [0, 0.1) is 0 Å². The maximum Gasteiger partial charge on any atom is 0.162 e. The van der Waals surface area contributed by atoms with E-state index in [0.29, 0.717) is 0 Å². The smallest absolute Gasteiger partial charge is 0.162 e. The zero-order valence-electron chi connectivity index (χ0n) is 26.8. The second-order valence-electron chi connectivity index (χ2n) is 13.3. The van der Waals surface area contributed by atoms with Crippen LogP contribution in [0.25, 0.3) is 110 Å². The van der Waals surface area contributed by atoms with Crippen molar-refractivity contribution in [2.45, 2.75) is 0 Å². The maximum atomic E-state index is 5.53. The Bertz CT molecular complexity index is 3380. The predicted octanol–water partition coefficient (Wildman–Crippen LogP) is 11.9. The summed E-state index contributed by atoms with van der Waals surface area (Å²) in [6.45, 7) is 0. The Labute approximate surface area is 285 Å². The SMILES string of the molecule is c1ccc2c(-c3nc(-n4c5ccc6ccccc6c5c5c6c7ccccc7n7c8ccccc8c(cc54)c67)c4ccccc4n3)cccc2c1. The van der Waals surface area contributed by atoms with E-state index in [1.807, 2.05) is 0 Å². The van der Waals surface area contributed by atoms with E-state index in [4.69, 9.17) is 9.97 Å². The highest BCUT2D eigenvalue weighted by atomic mass is 15.1. The molecule has 0 saturated carbocycles. The van der Waals surface area contributed by atoms with Crippen molar-refractivity contribution in [3.63, 3.8) is 0 Å². The Hall–Kier alpha value is -6.78. The van der Waals surface area contributed by atoms with E-state index in [-0.39, 0.29) is 0 Å². The summed E-state index contributed by atoms with van der Waals surface area (Å²) in [6, 6.07) is 56.8. The summed E-state index contributed by atoms with van der Waals surface area (Å²) in [5.41, 5.74) is 7.96. The maximum absolute atomic E-state index is 5.53. The van der Waals surface area contributed by atoms with Gasteiger partial charge < -0.3 is 4.40 Å². The van der Waals surface area contributed by atoms with Crippen molar-refractivity contribution in [3.05, 3.63) is 158 Å². The Kier molecular flexibility index (Phi) is 4.94. The standard InChI is InChI=1S/C46H26N4/c1-3-15-29-27(12-1)14-11-20-32(29)45-47-36-21-8-5-18-33(36)46(48-45)50-39-25-24-28-13-2-4-16-30(28)41(39)43-40(50)26-35-31-17-6-9-22-37(31)49-38-23-10-7-19-34(38)42(43)44(35)49/h1-26H. The summed E-state index contributed by atoms with van der Waals surface area (Å²) >= 11 is 0. The molecule has 0 fully saturated rings. The molecule has 0 aliphatic carbocycles. The molecule has 4 heterocycles. The van der Waals surface area contributed by atoms with Gasteiger partial charge in [-0.05, 0) is 57.9 Å². The Morgan fingerprint density at radius 1 is 0.380 bits per heavy atom. The molecule has 8 aromatic carbocycles. The van der Waals surface area contributed by atoms with Gasteiger partial charge in [0.1, 0.15) is 5.82 Å². The molecule has 0 atom stereocenters. The fourth-order valence-electron chi connectivity index (χ4n) is 8.77. The van der Waals surface area contributed by atoms with Crippen LogP contribution in [0.15, 0.2) is 158 Å². The number of aromatic nitrogens is 4. The minimum absolute atomic E-state index is 0.721. The molecule has 0 unspecified atom stereocenters. The fraction of sp³-hybridized carbons (Fsp3) is 0. The van der Waals surface area contributed by atoms with Gasteiger partial charge in [0.05, 0.1) is 33.1 Å². The second-order valence-corrected chi connectivity index (χ2v) is 13.3. The van der Waals surface area contributed by atoms with E-state index in [1.165, 1.54) is 65.0 Å². The van der Waals surface area contributed by atoms with Gasteiger partial charge in [-0.25, -0.2) is 9.97 Å². The third-order valence-electron chi connectivity index (χ3n) is 10.8. The molecule has 0 saturated heterocycles. The van der Waals surface area contributed by atoms with E-state index in [1.54, 1.807) is 0 Å². The molecule has 0 radical (unpaired) electrons. The normalized spacial score (nSPS) is 12.4. The fourth-order valence-corrected chi connectivity index (χ4v) is 8.77. The number of para-hydroxylation sites is 3. The minimum atomic E-state index is 0.721. The molecule has 0 bridgehead atoms. The number of hydrogen-bond acceptors (Lipinski definition) is 2. The van der Waals surface area contributed by atoms with Gasteiger partial charge >= 0.3 is 0 Å². The average Bonchev–Trinajstić information content (AvgIpc) is 3.82. The van der Waals surface area contributed by atoms with Crippen LogP contribution in [0.1, 0.15) is 0 Å². The van der Waals surface area contributed by atoms with Crippen LogP contribution in [-0.4, -0.2) is 18.9 Å². The van der Waals surface area contributed by atoms with Crippen LogP contribution >= 0.6 is 0 Å². The van der Waals surface area contributed by atoms with Crippen molar-refractivity contribution in [2.75, 3.05) is 0 Å². The Morgan fingerprint density at radius 2 is 1.02 bits per heavy atom. The molecule has 12 aromatic rings. The first-order valence-corrected chi connectivity index (χ1v) is 17.1. The van der Waals surface area contributed by atoms with Crippen molar-refractivity contribution >= 4 is 92.3 Å². The van der Waals surface area contributed by atoms with Gasteiger partial charge in [-0.2, -0.15) is 0 Å². The average molecular weight is 635 g/mol. The van der Waals surface area contributed by atoms with Crippen LogP contribution in [0.5, 0.6) is 0 Å². The lowest BCUT2D eigenvalue weighted by Gasteiger charge is -2.14. The van der Waals surface area contributed by atoms with Gasteiger partial charge in [0.15, 0.2) is 5.82 Å². The second kappa shape index (κ2) is 9.43. The molecular weight excluding hydrogens is 609 g/mol. The monoisotopic (exact) mass is 634 g/mol. The molecule has 0 aliphatic heterocycles. The van der Waals surface area contributed by atoms with Crippen molar-refractivity contribution < 1.29 is 0 Å². The van der Waals surface area contributed by atoms with E-state index < -0.39 is 0 Å². The van der Waals surface area contributed by atoms with Crippen molar-refractivity contribution in [1.29, 1.82) is 0 Å². The summed E-state index contributed by atoms with van der Waals surface area (Å²) in [5.74, 6) is 1.61. The number of nitrogens with zero attached hydrogens (tertiary/aromatic N) is 4. The van der Waals surface area contributed by atoms with Gasteiger partial charge in [-0.15, -0.1) is 0 Å². The molecule has 230 valence electrons. The summed E-state index contributed by atoms with van der Waals surface area (Å²) in [4.78, 5) is 10.7. The molecule has 50 heavy (non-hydrogen) atoms. The number of hydrogen-bond donors (Lipinski definition) is 0. The highest BCUT2D eigenvalue weighted by Crippen LogP contribution is 2.48. The lowest BCUT2D eigenvalue weighted by molar-refractivity contribution is 1.08. The van der Waals surface area contributed by atoms with E-state index >= 15 is 0 Å². The molecule has 12 rings (SSSR count). The lowest BCUT2D eigenvalue weighted by Crippen LogP contribution is -2.03. The lowest BCUT2D eigenvalue weighted by atomic mass is 9.99. The van der Waals surface area contributed by atoms with Crippen LogP contribution in [0.2, 0.25) is 0 Å². The quantitative estimate of drug-likeness (QED) is 0.190. The number of rotatable bonds is 2. The molecule has 0 aliphatic rings. The van der Waals surface area contributed by atoms with Crippen LogP contribution < -0.4 is 0 Å². The van der Waals surface area contributed by atoms with E-state index in [2.05, 4.69) is 167 Å². The van der Waals surface area contributed by atoms with Crippen molar-refractivity contribution in [1.82, 2.24) is 18.9 Å². The van der Waals surface area contributed by atoms with Crippen LogP contribution in [0.4, 0.5) is 0 Å². The van der Waals surface area contributed by atoms with Crippen LogP contribution in [0.3, 0.4) is 0 Å². The first-order valence-electron chi connectivity index (χ1n) is 17.1. The predicted molar refractivity (Wildman–Crippen MR) is 209 cm³/mol. The minimum Gasteiger partial charge on any atom is -0.308 e. The van der Waals surface area contributed by atoms with Crippen LogP contribution in [-0.2, 0) is 0 Å². The van der Waals surface area contributed by atoms with Crippen molar-refractivity contribution in [3.8, 4) is 17.2 Å². The third kappa shape index (κ3) is 3.25. The summed E-state index contributed by atoms with van der Waals surface area (Å²) in [7, 11) is 0. The van der Waals surface area contributed by atoms with Gasteiger partial charge in [0, 0.05) is 43.3 Å². The third-order valence-corrected chi connectivity index (χ3v) is 10.8. The summed E-state index contributed by atoms with van der Waals surface area (Å²) in [6.07, 6.45) is 0. The number of benzene rings is 8. The van der Waals surface area contributed by atoms with Crippen molar-refractivity contribution in [2.24, 2.45) is 0 Å². The molecule has 4 nitrogen and oxygen atoms in total. The molecule has 0 amide bonds. The topological polar surface area (TPSA) is 35.1 Å². The van der Waals surface area contributed by atoms with Gasteiger partial charge in [0.25, 0.3) is 0 Å². The number of fused-ring (bicyclic) bond motifs is 14. The molecular formula is C46H26N4. The van der Waals surface area contributed by atoms with E-state index in [0.717, 1.165) is 44.5 Å². The Morgan fingerprint density at radius 3 is 1.86 bits per heavy atom. The summed E-state index contributed by atoms with van der Waals surface area (Å²) < 4.78 is 4.89. The first kappa shape index (κ1) is 26.2.